The van der Waals surface area contributed by atoms with Gasteiger partial charge < -0.3 is 9.47 Å². The van der Waals surface area contributed by atoms with Crippen molar-refractivity contribution in [1.82, 2.24) is 4.98 Å². The molecule has 0 radical (unpaired) electrons. The minimum Gasteiger partial charge on any atom is -0.447 e. The van der Waals surface area contributed by atoms with Gasteiger partial charge in [0.25, 0.3) is 0 Å². The Labute approximate surface area is 156 Å². The van der Waals surface area contributed by atoms with Gasteiger partial charge in [-0.15, -0.1) is 0 Å². The van der Waals surface area contributed by atoms with Gasteiger partial charge in [0.05, 0.1) is 18.3 Å². The van der Waals surface area contributed by atoms with Crippen LogP contribution in [0.1, 0.15) is 18.9 Å². The number of nitrogens with zero attached hydrogens (tertiary/aromatic N) is 3. The lowest BCUT2D eigenvalue weighted by Crippen LogP contribution is -2.32. The molecule has 3 aliphatic heterocycles. The van der Waals surface area contributed by atoms with Gasteiger partial charge in [-0.05, 0) is 48.2 Å². The predicted molar refractivity (Wildman–Crippen MR) is 98.9 cm³/mol. The molecule has 2 amide bonds. The van der Waals surface area contributed by atoms with E-state index in [2.05, 4.69) is 11.1 Å². The molecular formula is C20H19N3O4. The maximum absolute atomic E-state index is 12.2. The molecule has 2 fully saturated rings. The fourth-order valence-corrected chi connectivity index (χ4v) is 4.13. The standard InChI is InChI=1S/C20H19N3O4/c1-2-17-16-10-14-9-12(3-5-15(14)23(16)20(25)27-17)13-4-6-18(21-11-13)22-7-8-26-19(22)24/h3-6,9,11,16-17H,2,7-8,10H2,1H3/t16-,17-/m0/s1. The van der Waals surface area contributed by atoms with Crippen LogP contribution in [0.5, 0.6) is 0 Å². The molecule has 4 heterocycles. The number of rotatable bonds is 3. The van der Waals surface area contributed by atoms with E-state index in [1.54, 1.807) is 11.1 Å². The van der Waals surface area contributed by atoms with Crippen LogP contribution >= 0.6 is 0 Å². The van der Waals surface area contributed by atoms with Crippen LogP contribution in [0.4, 0.5) is 21.1 Å². The van der Waals surface area contributed by atoms with Crippen molar-refractivity contribution in [2.75, 3.05) is 23.0 Å². The van der Waals surface area contributed by atoms with Gasteiger partial charge in [0.1, 0.15) is 18.5 Å². The number of benzene rings is 1. The third-order valence-electron chi connectivity index (χ3n) is 5.50. The fraction of sp³-hybridized carbons (Fsp3) is 0.350. The Bertz CT molecular complexity index is 927. The smallest absolute Gasteiger partial charge is 0.415 e. The molecule has 3 aliphatic rings. The van der Waals surface area contributed by atoms with Crippen molar-refractivity contribution < 1.29 is 19.1 Å². The molecule has 138 valence electrons. The second-order valence-electron chi connectivity index (χ2n) is 6.99. The topological polar surface area (TPSA) is 72.0 Å². The summed E-state index contributed by atoms with van der Waals surface area (Å²) in [5, 5.41) is 0. The molecule has 5 rings (SSSR count). The molecule has 0 bridgehead atoms. The van der Waals surface area contributed by atoms with Crippen LogP contribution in [-0.2, 0) is 15.9 Å². The highest BCUT2D eigenvalue weighted by molar-refractivity contribution is 5.94. The van der Waals surface area contributed by atoms with E-state index >= 15 is 0 Å². The zero-order chi connectivity index (χ0) is 18.5. The second kappa shape index (κ2) is 5.97. The summed E-state index contributed by atoms with van der Waals surface area (Å²) in [7, 11) is 0. The average Bonchev–Trinajstić information content (AvgIpc) is 3.36. The van der Waals surface area contributed by atoms with Crippen molar-refractivity contribution in [2.45, 2.75) is 31.9 Å². The number of carbonyl (C=O) groups excluding carboxylic acids is 2. The maximum atomic E-state index is 12.2. The third kappa shape index (κ3) is 2.45. The van der Waals surface area contributed by atoms with E-state index in [1.165, 1.54) is 4.90 Å². The molecule has 0 aliphatic carbocycles. The monoisotopic (exact) mass is 365 g/mol. The molecule has 27 heavy (non-hydrogen) atoms. The Morgan fingerprint density at radius 2 is 2.00 bits per heavy atom. The molecule has 2 atom stereocenters. The van der Waals surface area contributed by atoms with Crippen molar-refractivity contribution >= 4 is 23.7 Å². The number of aromatic nitrogens is 1. The summed E-state index contributed by atoms with van der Waals surface area (Å²) in [5.41, 5.74) is 4.10. The normalized spacial score (nSPS) is 23.3. The Morgan fingerprint density at radius 1 is 1.15 bits per heavy atom. The molecule has 7 heteroatoms. The number of pyridine rings is 1. The molecule has 0 saturated carbocycles. The van der Waals surface area contributed by atoms with Crippen molar-refractivity contribution in [3.63, 3.8) is 0 Å². The minimum atomic E-state index is -0.356. The summed E-state index contributed by atoms with van der Waals surface area (Å²) in [6.45, 7) is 2.96. The Hall–Kier alpha value is -3.09. The van der Waals surface area contributed by atoms with Gasteiger partial charge in [0.2, 0.25) is 0 Å². The largest absolute Gasteiger partial charge is 0.447 e. The van der Waals surface area contributed by atoms with Gasteiger partial charge >= 0.3 is 12.2 Å². The van der Waals surface area contributed by atoms with Crippen LogP contribution in [-0.4, -0.2) is 42.5 Å². The van der Waals surface area contributed by atoms with E-state index < -0.39 is 0 Å². The second-order valence-corrected chi connectivity index (χ2v) is 6.99. The number of anilines is 2. The first kappa shape index (κ1) is 16.1. The molecule has 1 aromatic carbocycles. The van der Waals surface area contributed by atoms with E-state index in [0.717, 1.165) is 35.2 Å². The highest BCUT2D eigenvalue weighted by Gasteiger charge is 2.46. The number of fused-ring (bicyclic) bond motifs is 3. The highest BCUT2D eigenvalue weighted by Crippen LogP contribution is 2.41. The Balaban J connectivity index is 1.43. The van der Waals surface area contributed by atoms with Crippen LogP contribution in [0.2, 0.25) is 0 Å². The lowest BCUT2D eigenvalue weighted by molar-refractivity contribution is 0.129. The maximum Gasteiger partial charge on any atom is 0.415 e. The number of hydrogen-bond donors (Lipinski definition) is 0. The molecule has 2 aromatic rings. The summed E-state index contributed by atoms with van der Waals surface area (Å²) < 4.78 is 10.4. The van der Waals surface area contributed by atoms with Gasteiger partial charge in [-0.25, -0.2) is 14.6 Å². The fourth-order valence-electron chi connectivity index (χ4n) is 4.13. The Kier molecular flexibility index (Phi) is 3.56. The van der Waals surface area contributed by atoms with Crippen LogP contribution in [0.15, 0.2) is 36.5 Å². The number of carbonyl (C=O) groups is 2. The van der Waals surface area contributed by atoms with Gasteiger partial charge in [-0.2, -0.15) is 0 Å². The first-order valence-corrected chi connectivity index (χ1v) is 9.19. The van der Waals surface area contributed by atoms with Gasteiger partial charge in [-0.3, -0.25) is 9.80 Å². The zero-order valence-electron chi connectivity index (χ0n) is 14.9. The SMILES string of the molecule is CC[C@@H]1OC(=O)N2c3ccc(-c4ccc(N5CCOC5=O)nc4)cc3C[C@@H]12. The van der Waals surface area contributed by atoms with E-state index in [4.69, 9.17) is 9.47 Å². The van der Waals surface area contributed by atoms with Crippen LogP contribution in [0.25, 0.3) is 11.1 Å². The molecule has 0 unspecified atom stereocenters. The van der Waals surface area contributed by atoms with E-state index in [9.17, 15) is 9.59 Å². The third-order valence-corrected chi connectivity index (χ3v) is 5.50. The minimum absolute atomic E-state index is 0.0467. The van der Waals surface area contributed by atoms with Crippen molar-refractivity contribution in [3.05, 3.63) is 42.1 Å². The average molecular weight is 365 g/mol. The quantitative estimate of drug-likeness (QED) is 0.834. The van der Waals surface area contributed by atoms with E-state index in [-0.39, 0.29) is 24.3 Å². The number of cyclic esters (lactones) is 2. The zero-order valence-corrected chi connectivity index (χ0v) is 14.9. The summed E-state index contributed by atoms with van der Waals surface area (Å²) in [5.74, 6) is 0.594. The van der Waals surface area contributed by atoms with Crippen molar-refractivity contribution in [3.8, 4) is 11.1 Å². The van der Waals surface area contributed by atoms with E-state index in [0.29, 0.717) is 19.0 Å². The molecular weight excluding hydrogens is 346 g/mol. The summed E-state index contributed by atoms with van der Waals surface area (Å²) in [4.78, 5) is 31.6. The number of hydrogen-bond acceptors (Lipinski definition) is 5. The number of ether oxygens (including phenoxy) is 2. The van der Waals surface area contributed by atoms with Gasteiger partial charge in [0.15, 0.2) is 0 Å². The van der Waals surface area contributed by atoms with Crippen molar-refractivity contribution in [1.29, 1.82) is 0 Å². The number of amides is 2. The predicted octanol–water partition coefficient (Wildman–Crippen LogP) is 3.37. The van der Waals surface area contributed by atoms with Crippen LogP contribution < -0.4 is 9.80 Å². The van der Waals surface area contributed by atoms with Crippen LogP contribution in [0.3, 0.4) is 0 Å². The molecule has 7 nitrogen and oxygen atoms in total. The molecule has 1 aromatic heterocycles. The van der Waals surface area contributed by atoms with Crippen molar-refractivity contribution in [2.24, 2.45) is 0 Å². The summed E-state index contributed by atoms with van der Waals surface area (Å²) in [6.07, 6.45) is 2.74. The first-order valence-electron chi connectivity index (χ1n) is 9.19. The lowest BCUT2D eigenvalue weighted by atomic mass is 10.0. The van der Waals surface area contributed by atoms with Gasteiger partial charge in [-0.1, -0.05) is 13.0 Å². The molecule has 0 N–H and O–H groups in total. The Morgan fingerprint density at radius 3 is 2.70 bits per heavy atom. The van der Waals surface area contributed by atoms with Crippen LogP contribution in [0, 0.1) is 0 Å². The summed E-state index contributed by atoms with van der Waals surface area (Å²) in [6, 6.07) is 9.97. The van der Waals surface area contributed by atoms with E-state index in [1.807, 2.05) is 31.2 Å². The summed E-state index contributed by atoms with van der Waals surface area (Å²) >= 11 is 0. The highest BCUT2D eigenvalue weighted by atomic mass is 16.6. The van der Waals surface area contributed by atoms with Gasteiger partial charge in [0, 0.05) is 11.8 Å². The lowest BCUT2D eigenvalue weighted by Gasteiger charge is -2.15. The molecule has 2 saturated heterocycles. The first-order chi connectivity index (χ1) is 13.2. The molecule has 0 spiro atoms.